The van der Waals surface area contributed by atoms with Crippen molar-refractivity contribution in [2.24, 2.45) is 15.7 Å². The highest BCUT2D eigenvalue weighted by atomic mass is 16.5. The van der Waals surface area contributed by atoms with Crippen molar-refractivity contribution < 1.29 is 14.3 Å². The number of carbonyl (C=O) groups is 2. The van der Waals surface area contributed by atoms with Gasteiger partial charge in [-0.3, -0.25) is 0 Å². The first-order chi connectivity index (χ1) is 7.49. The highest BCUT2D eigenvalue weighted by molar-refractivity contribution is 5.71. The van der Waals surface area contributed by atoms with E-state index >= 15 is 0 Å². The third-order valence-electron chi connectivity index (χ3n) is 0.836. The van der Waals surface area contributed by atoms with Crippen LogP contribution >= 0.6 is 0 Å². The van der Waals surface area contributed by atoms with E-state index in [2.05, 4.69) is 37.1 Å². The Labute approximate surface area is 95.0 Å². The molecule has 0 aliphatic carbocycles. The Balaban J connectivity index is -0.000000160. The number of amides is 3. The van der Waals surface area contributed by atoms with Gasteiger partial charge in [0.2, 0.25) is 0 Å². The number of nitrogens with one attached hydrogen (secondary N) is 2. The zero-order valence-corrected chi connectivity index (χ0v) is 10.2. The molecule has 0 rings (SSSR count). The summed E-state index contributed by atoms with van der Waals surface area (Å²) in [6.07, 6.45) is -0.407. The van der Waals surface area contributed by atoms with E-state index in [0.717, 1.165) is 0 Å². The van der Waals surface area contributed by atoms with Crippen molar-refractivity contribution in [1.82, 2.24) is 10.6 Å². The molecule has 0 saturated heterocycles. The number of carbonyl (C=O) groups excluding carboxylic acids is 2. The molecule has 0 aromatic carbocycles. The molecule has 0 aromatic heterocycles. The zero-order valence-electron chi connectivity index (χ0n) is 10.2. The highest BCUT2D eigenvalue weighted by Gasteiger charge is 1.85. The monoisotopic (exact) mass is 233 g/mol. The molecule has 0 spiro atoms. The van der Waals surface area contributed by atoms with Crippen LogP contribution in [0.4, 0.5) is 9.59 Å². The second kappa shape index (κ2) is 18.7. The van der Waals surface area contributed by atoms with Crippen LogP contribution in [-0.2, 0) is 4.74 Å². The second-order valence-corrected chi connectivity index (χ2v) is 1.90. The Morgan fingerprint density at radius 1 is 1.19 bits per heavy atom. The van der Waals surface area contributed by atoms with E-state index in [-0.39, 0.29) is 0 Å². The van der Waals surface area contributed by atoms with Crippen LogP contribution in [0.15, 0.2) is 9.98 Å². The molecule has 0 aliphatic heterocycles. The number of nitrogens with two attached hydrogens (primary N) is 1. The van der Waals surface area contributed by atoms with Crippen molar-refractivity contribution in [1.29, 1.82) is 0 Å². The fraction of sp³-hybridized carbons (Fsp3) is 0.625. The molecular weight excluding hydrogens is 214 g/mol. The summed E-state index contributed by atoms with van der Waals surface area (Å²) >= 11 is 0. The molecule has 0 atom stereocenters. The van der Waals surface area contributed by atoms with Crippen molar-refractivity contribution >= 4 is 18.1 Å². The summed E-state index contributed by atoms with van der Waals surface area (Å²) in [5.74, 6) is 0. The van der Waals surface area contributed by atoms with Gasteiger partial charge in [-0.15, -0.1) is 0 Å². The molecule has 0 bridgehead atoms. The fourth-order valence-corrected chi connectivity index (χ4v) is 0.202. The Morgan fingerprint density at radius 3 is 1.56 bits per heavy atom. The van der Waals surface area contributed by atoms with E-state index in [1.54, 1.807) is 14.1 Å². The lowest BCUT2D eigenvalue weighted by Crippen LogP contribution is -2.24. The summed E-state index contributed by atoms with van der Waals surface area (Å²) in [4.78, 5) is 26.2. The maximum atomic E-state index is 9.85. The lowest BCUT2D eigenvalue weighted by atomic mass is 11.1. The molecule has 16 heavy (non-hydrogen) atoms. The van der Waals surface area contributed by atoms with Crippen LogP contribution in [0.5, 0.6) is 0 Å². The Morgan fingerprint density at radius 2 is 1.56 bits per heavy atom. The van der Waals surface area contributed by atoms with E-state index in [1.165, 1.54) is 21.2 Å². The number of aliphatic imine (C=N–C) groups is 2. The minimum Gasteiger partial charge on any atom is -0.453 e. The quantitative estimate of drug-likeness (QED) is 0.497. The lowest BCUT2D eigenvalue weighted by Gasteiger charge is -1.90. The maximum Gasteiger partial charge on any atom is 0.406 e. The van der Waals surface area contributed by atoms with Gasteiger partial charge in [0, 0.05) is 28.2 Å². The molecule has 0 radical (unpaired) electrons. The molecule has 0 aromatic rings. The van der Waals surface area contributed by atoms with Crippen LogP contribution < -0.4 is 16.4 Å². The standard InChI is InChI=1S/C3H6N2.C3H7NO2.C2H6N2O/c1-4-3-5-2;1-4-3(5)6-2;1-4-2(3)5/h1-2H3;1-2H3,(H,4,5);1H3,(H3,3,4,5). The van der Waals surface area contributed by atoms with E-state index in [1.807, 2.05) is 0 Å². The van der Waals surface area contributed by atoms with Crippen LogP contribution in [0, 0.1) is 0 Å². The molecular formula is C8H19N5O3. The Kier molecular flexibility index (Phi) is 22.7. The summed E-state index contributed by atoms with van der Waals surface area (Å²) in [5.41, 5.74) is 4.54. The number of urea groups is 1. The highest BCUT2D eigenvalue weighted by Crippen LogP contribution is 1.62. The van der Waals surface area contributed by atoms with E-state index in [4.69, 9.17) is 0 Å². The number of methoxy groups -OCH3 is 1. The van der Waals surface area contributed by atoms with E-state index in [9.17, 15) is 9.59 Å². The van der Waals surface area contributed by atoms with Crippen LogP contribution in [0.1, 0.15) is 0 Å². The normalized spacial score (nSPS) is 6.31. The predicted octanol–water partition coefficient (Wildman–Crippen LogP) is -0.323. The first-order valence-corrected chi connectivity index (χ1v) is 4.15. The summed E-state index contributed by atoms with van der Waals surface area (Å²) in [6, 6.07) is 1.87. The van der Waals surface area contributed by atoms with Crippen molar-refractivity contribution in [3.63, 3.8) is 0 Å². The number of hydrogen-bond acceptors (Lipinski definition) is 5. The molecule has 0 fully saturated rings. The average molecular weight is 233 g/mol. The maximum absolute atomic E-state index is 9.85. The molecule has 0 saturated carbocycles. The van der Waals surface area contributed by atoms with Gasteiger partial charge in [-0.05, 0) is 0 Å². The minimum absolute atomic E-state index is 0.407. The molecule has 0 heterocycles. The van der Waals surface area contributed by atoms with Crippen molar-refractivity contribution in [3.8, 4) is 0 Å². The first-order valence-electron chi connectivity index (χ1n) is 4.15. The third kappa shape index (κ3) is 40.6. The predicted molar refractivity (Wildman–Crippen MR) is 61.8 cm³/mol. The van der Waals surface area contributed by atoms with Gasteiger partial charge in [0.1, 0.15) is 0 Å². The Hall–Kier alpha value is -2.08. The molecule has 94 valence electrons. The smallest absolute Gasteiger partial charge is 0.406 e. The molecule has 8 heteroatoms. The zero-order chi connectivity index (χ0) is 13.4. The number of nitrogens with zero attached hydrogens (tertiary/aromatic N) is 2. The van der Waals surface area contributed by atoms with Crippen LogP contribution in [0.25, 0.3) is 0 Å². The average Bonchev–Trinajstić information content (AvgIpc) is 2.30. The molecule has 3 amide bonds. The van der Waals surface area contributed by atoms with Gasteiger partial charge >= 0.3 is 12.1 Å². The van der Waals surface area contributed by atoms with Gasteiger partial charge in [0.05, 0.1) is 13.1 Å². The number of rotatable bonds is 0. The molecule has 8 nitrogen and oxygen atoms in total. The topological polar surface area (TPSA) is 118 Å². The number of ether oxygens (including phenoxy) is 1. The van der Waals surface area contributed by atoms with Gasteiger partial charge in [-0.25, -0.2) is 19.6 Å². The van der Waals surface area contributed by atoms with Crippen molar-refractivity contribution in [2.45, 2.75) is 0 Å². The summed E-state index contributed by atoms with van der Waals surface area (Å²) in [7, 11) is 7.56. The van der Waals surface area contributed by atoms with Gasteiger partial charge in [0.25, 0.3) is 0 Å². The van der Waals surface area contributed by atoms with Gasteiger partial charge in [-0.2, -0.15) is 0 Å². The molecule has 0 aliphatic rings. The lowest BCUT2D eigenvalue weighted by molar-refractivity contribution is 0.173. The minimum atomic E-state index is -0.495. The van der Waals surface area contributed by atoms with Gasteiger partial charge in [-0.1, -0.05) is 0 Å². The summed E-state index contributed by atoms with van der Waals surface area (Å²) in [5, 5.41) is 4.42. The molecule has 0 unspecified atom stereocenters. The third-order valence-corrected chi connectivity index (χ3v) is 0.836. The van der Waals surface area contributed by atoms with E-state index in [0.29, 0.717) is 0 Å². The van der Waals surface area contributed by atoms with Gasteiger partial charge in [0.15, 0.2) is 0 Å². The Bertz CT molecular complexity index is 224. The van der Waals surface area contributed by atoms with Crippen LogP contribution in [0.3, 0.4) is 0 Å². The van der Waals surface area contributed by atoms with Crippen molar-refractivity contribution in [2.75, 3.05) is 35.3 Å². The van der Waals surface area contributed by atoms with Crippen LogP contribution in [-0.4, -0.2) is 53.4 Å². The largest absolute Gasteiger partial charge is 0.453 e. The molecule has 4 N–H and O–H groups in total. The number of primary amides is 1. The van der Waals surface area contributed by atoms with Gasteiger partial charge < -0.3 is 21.1 Å². The number of alkyl carbamates (subject to hydrolysis) is 1. The second-order valence-electron chi connectivity index (χ2n) is 1.90. The van der Waals surface area contributed by atoms with E-state index < -0.39 is 12.1 Å². The number of hydrogen-bond donors (Lipinski definition) is 3. The first kappa shape index (κ1) is 19.5. The summed E-state index contributed by atoms with van der Waals surface area (Å²) < 4.78 is 4.15. The SMILES string of the molecule is CN=C=NC.CNC(=O)OC.CNC(N)=O. The van der Waals surface area contributed by atoms with Crippen molar-refractivity contribution in [3.05, 3.63) is 0 Å². The van der Waals surface area contributed by atoms with Crippen LogP contribution in [0.2, 0.25) is 0 Å². The summed E-state index contributed by atoms with van der Waals surface area (Å²) in [6.45, 7) is 0. The fourth-order valence-electron chi connectivity index (χ4n) is 0.202.